The Balaban J connectivity index is 1.53. The second-order valence-corrected chi connectivity index (χ2v) is 10.0. The normalized spacial score (nSPS) is 26.7. The summed E-state index contributed by atoms with van der Waals surface area (Å²) in [6.45, 7) is 2.58. The number of hydrogen-bond donors (Lipinski definition) is 1. The highest BCUT2D eigenvalue weighted by Crippen LogP contribution is 2.35. The molecule has 27 heavy (non-hydrogen) atoms. The summed E-state index contributed by atoms with van der Waals surface area (Å²) < 4.78 is 24.9. The Morgan fingerprint density at radius 3 is 2.37 bits per heavy atom. The van der Waals surface area contributed by atoms with Gasteiger partial charge in [0.15, 0.2) is 0 Å². The summed E-state index contributed by atoms with van der Waals surface area (Å²) in [5.41, 5.74) is 1.46. The summed E-state index contributed by atoms with van der Waals surface area (Å²) in [7, 11) is -3.20. The van der Waals surface area contributed by atoms with Crippen LogP contribution in [0.3, 0.4) is 0 Å². The summed E-state index contributed by atoms with van der Waals surface area (Å²) in [4.78, 5) is 34.9. The molecule has 0 aromatic carbocycles. The van der Waals surface area contributed by atoms with Crippen molar-refractivity contribution in [2.75, 3.05) is 19.3 Å². The summed E-state index contributed by atoms with van der Waals surface area (Å²) in [5.74, 6) is 0.597. The number of fused-ring (bicyclic) bond motifs is 3. The first-order valence-corrected chi connectivity index (χ1v) is 11.4. The highest BCUT2D eigenvalue weighted by Gasteiger charge is 2.43. The minimum Gasteiger partial charge on any atom is -0.336 e. The zero-order chi connectivity index (χ0) is 19.3. The second-order valence-electron chi connectivity index (χ2n) is 8.05. The number of rotatable bonds is 2. The Morgan fingerprint density at radius 2 is 1.74 bits per heavy atom. The number of sulfonamides is 1. The Kier molecular flexibility index (Phi) is 4.62. The number of carbonyl (C=O) groups is 1. The van der Waals surface area contributed by atoms with Gasteiger partial charge in [-0.05, 0) is 32.6 Å². The molecule has 1 N–H and O–H groups in total. The average molecular weight is 394 g/mol. The van der Waals surface area contributed by atoms with E-state index in [-0.39, 0.29) is 29.5 Å². The van der Waals surface area contributed by atoms with Gasteiger partial charge in [-0.2, -0.15) is 0 Å². The fraction of sp³-hybridized carbons (Fsp3) is 0.722. The Labute approximate surface area is 159 Å². The predicted octanol–water partition coefficient (Wildman–Crippen LogP) is 0.208. The largest absolute Gasteiger partial charge is 0.336 e. The van der Waals surface area contributed by atoms with Crippen LogP contribution in [0.2, 0.25) is 0 Å². The molecule has 2 bridgehead atoms. The third kappa shape index (κ3) is 3.42. The van der Waals surface area contributed by atoms with Crippen molar-refractivity contribution in [3.63, 3.8) is 0 Å². The highest BCUT2D eigenvalue weighted by atomic mass is 32.2. The van der Waals surface area contributed by atoms with Gasteiger partial charge < -0.3 is 9.88 Å². The number of aromatic amines is 1. The molecule has 1 amide bonds. The lowest BCUT2D eigenvalue weighted by molar-refractivity contribution is -0.139. The molecule has 0 spiro atoms. The molecule has 4 heterocycles. The van der Waals surface area contributed by atoms with Crippen LogP contribution >= 0.6 is 0 Å². The topological polar surface area (TPSA) is 103 Å². The monoisotopic (exact) mass is 394 g/mol. The van der Waals surface area contributed by atoms with E-state index < -0.39 is 10.0 Å². The van der Waals surface area contributed by atoms with Crippen LogP contribution in [0.5, 0.6) is 0 Å². The van der Waals surface area contributed by atoms with Crippen LogP contribution in [0.25, 0.3) is 0 Å². The summed E-state index contributed by atoms with van der Waals surface area (Å²) in [6, 6.07) is 0.132. The lowest BCUT2D eigenvalue weighted by atomic mass is 9.95. The fourth-order valence-electron chi connectivity index (χ4n) is 4.87. The van der Waals surface area contributed by atoms with Crippen molar-refractivity contribution in [1.29, 1.82) is 0 Å². The molecule has 148 valence electrons. The number of aromatic nitrogens is 2. The number of amides is 1. The molecular formula is C18H26N4O4S. The zero-order valence-electron chi connectivity index (χ0n) is 15.8. The first-order chi connectivity index (χ1) is 12.7. The highest BCUT2D eigenvalue weighted by molar-refractivity contribution is 7.88. The van der Waals surface area contributed by atoms with Crippen LogP contribution < -0.4 is 5.56 Å². The molecule has 2 atom stereocenters. The SMILES string of the molecule is Cc1nc2c(c(=O)[nH]1)C[C@@H]1CC[C@H](C2)N1C(=O)C1CCN(S(C)(=O)=O)CC1. The smallest absolute Gasteiger partial charge is 0.254 e. The molecule has 9 heteroatoms. The minimum atomic E-state index is -3.20. The van der Waals surface area contributed by atoms with Crippen molar-refractivity contribution in [3.8, 4) is 0 Å². The third-order valence-electron chi connectivity index (χ3n) is 6.23. The number of hydrogen-bond acceptors (Lipinski definition) is 5. The van der Waals surface area contributed by atoms with Crippen molar-refractivity contribution < 1.29 is 13.2 Å². The molecule has 1 aromatic rings. The molecule has 8 nitrogen and oxygen atoms in total. The molecule has 2 fully saturated rings. The average Bonchev–Trinajstić information content (AvgIpc) is 2.89. The Hall–Kier alpha value is -1.74. The van der Waals surface area contributed by atoms with E-state index in [0.29, 0.717) is 44.6 Å². The maximum Gasteiger partial charge on any atom is 0.254 e. The Morgan fingerprint density at radius 1 is 1.11 bits per heavy atom. The van der Waals surface area contributed by atoms with Gasteiger partial charge in [0.25, 0.3) is 5.56 Å². The number of aryl methyl sites for hydroxylation is 1. The van der Waals surface area contributed by atoms with Crippen molar-refractivity contribution in [2.45, 2.75) is 57.5 Å². The number of H-pyrrole nitrogens is 1. The van der Waals surface area contributed by atoms with Gasteiger partial charge >= 0.3 is 0 Å². The van der Waals surface area contributed by atoms with Gasteiger partial charge in [0.1, 0.15) is 5.82 Å². The molecule has 0 unspecified atom stereocenters. The van der Waals surface area contributed by atoms with E-state index >= 15 is 0 Å². The maximum absolute atomic E-state index is 13.3. The fourth-order valence-corrected chi connectivity index (χ4v) is 5.75. The number of piperidine rings is 1. The molecule has 1 aromatic heterocycles. The van der Waals surface area contributed by atoms with Crippen LogP contribution in [0.15, 0.2) is 4.79 Å². The summed E-state index contributed by atoms with van der Waals surface area (Å²) >= 11 is 0. The van der Waals surface area contributed by atoms with E-state index in [4.69, 9.17) is 0 Å². The van der Waals surface area contributed by atoms with E-state index in [2.05, 4.69) is 9.97 Å². The summed E-state index contributed by atoms with van der Waals surface area (Å²) in [6.07, 6.45) is 5.37. The third-order valence-corrected chi connectivity index (χ3v) is 7.54. The first-order valence-electron chi connectivity index (χ1n) is 9.60. The number of nitrogens with one attached hydrogen (secondary N) is 1. The van der Waals surface area contributed by atoms with Gasteiger partial charge in [-0.1, -0.05) is 0 Å². The quantitative estimate of drug-likeness (QED) is 0.772. The van der Waals surface area contributed by atoms with Crippen LogP contribution in [0, 0.1) is 12.8 Å². The van der Waals surface area contributed by atoms with Crippen molar-refractivity contribution in [1.82, 2.24) is 19.2 Å². The molecule has 0 saturated carbocycles. The number of nitrogens with zero attached hydrogens (tertiary/aromatic N) is 3. The lowest BCUT2D eigenvalue weighted by Crippen LogP contribution is -2.48. The summed E-state index contributed by atoms with van der Waals surface area (Å²) in [5, 5.41) is 0. The Bertz CT molecular complexity index is 918. The maximum atomic E-state index is 13.3. The van der Waals surface area contributed by atoms with E-state index in [1.54, 1.807) is 6.92 Å². The van der Waals surface area contributed by atoms with Gasteiger partial charge in [-0.15, -0.1) is 0 Å². The molecule has 0 aliphatic carbocycles. The van der Waals surface area contributed by atoms with Gasteiger partial charge in [0.05, 0.1) is 11.9 Å². The zero-order valence-corrected chi connectivity index (χ0v) is 16.6. The minimum absolute atomic E-state index is 0.0438. The van der Waals surface area contributed by atoms with E-state index in [9.17, 15) is 18.0 Å². The van der Waals surface area contributed by atoms with Crippen LogP contribution in [0.4, 0.5) is 0 Å². The first kappa shape index (κ1) is 18.6. The molecule has 0 radical (unpaired) electrons. The molecular weight excluding hydrogens is 368 g/mol. The molecule has 4 rings (SSSR count). The van der Waals surface area contributed by atoms with E-state index in [0.717, 1.165) is 24.1 Å². The van der Waals surface area contributed by atoms with Crippen molar-refractivity contribution in [2.24, 2.45) is 5.92 Å². The van der Waals surface area contributed by atoms with E-state index in [1.807, 2.05) is 4.90 Å². The van der Waals surface area contributed by atoms with Crippen molar-refractivity contribution in [3.05, 3.63) is 27.4 Å². The van der Waals surface area contributed by atoms with Gasteiger partial charge in [-0.3, -0.25) is 9.59 Å². The second kappa shape index (κ2) is 6.70. The molecule has 3 aliphatic heterocycles. The standard InChI is InChI=1S/C18H26N4O4S/c1-11-19-16-10-14-4-3-13(9-15(16)17(23)20-11)22(14)18(24)12-5-7-21(8-6-12)27(2,25)26/h12-14H,3-10H2,1-2H3,(H,19,20,23)/t13-,14+/m0/s1. The van der Waals surface area contributed by atoms with E-state index in [1.165, 1.54) is 10.6 Å². The van der Waals surface area contributed by atoms with Gasteiger partial charge in [0.2, 0.25) is 15.9 Å². The lowest BCUT2D eigenvalue weighted by Gasteiger charge is -2.35. The van der Waals surface area contributed by atoms with Gasteiger partial charge in [-0.25, -0.2) is 17.7 Å². The predicted molar refractivity (Wildman–Crippen MR) is 99.8 cm³/mol. The van der Waals surface area contributed by atoms with Crippen LogP contribution in [-0.4, -0.2) is 64.9 Å². The van der Waals surface area contributed by atoms with Crippen LogP contribution in [-0.2, 0) is 27.7 Å². The van der Waals surface area contributed by atoms with Gasteiger partial charge in [0, 0.05) is 49.5 Å². The molecule has 2 saturated heterocycles. The number of carbonyl (C=O) groups excluding carboxylic acids is 1. The molecule has 3 aliphatic rings. The van der Waals surface area contributed by atoms with Crippen LogP contribution in [0.1, 0.15) is 42.8 Å². The van der Waals surface area contributed by atoms with Crippen molar-refractivity contribution >= 4 is 15.9 Å².